The second-order valence-corrected chi connectivity index (χ2v) is 9.87. The molecule has 4 heterocycles. The highest BCUT2D eigenvalue weighted by molar-refractivity contribution is 5.74. The summed E-state index contributed by atoms with van der Waals surface area (Å²) in [6.45, 7) is 2.57. The predicted octanol–water partition coefficient (Wildman–Crippen LogP) is 3.13. The Balaban J connectivity index is 1.33. The average Bonchev–Trinajstić information content (AvgIpc) is 3.25. The second kappa shape index (κ2) is 9.30. The molecule has 12 heteroatoms. The Bertz CT molecular complexity index is 1140. The number of rotatable bonds is 5. The van der Waals surface area contributed by atoms with Crippen LogP contribution in [0.5, 0.6) is 5.88 Å². The zero-order valence-electron chi connectivity index (χ0n) is 19.6. The highest BCUT2D eigenvalue weighted by atomic mass is 19.4. The zero-order chi connectivity index (χ0) is 25.5. The molecule has 0 bridgehead atoms. The number of anilines is 3. The van der Waals surface area contributed by atoms with Crippen LogP contribution in [0.1, 0.15) is 42.9 Å². The van der Waals surface area contributed by atoms with Gasteiger partial charge < -0.3 is 31.1 Å². The zero-order valence-corrected chi connectivity index (χ0v) is 19.6. The number of carbonyl (C=O) groups is 1. The first-order valence-electron chi connectivity index (χ1n) is 12.1. The molecule has 0 unspecified atom stereocenters. The number of aliphatic carboxylic acids is 1. The van der Waals surface area contributed by atoms with E-state index in [1.54, 1.807) is 6.07 Å². The largest absolute Gasteiger partial charge is 0.480 e. The van der Waals surface area contributed by atoms with Crippen molar-refractivity contribution in [3.63, 3.8) is 0 Å². The Kier molecular flexibility index (Phi) is 6.31. The maximum absolute atomic E-state index is 14.1. The molecule has 0 radical (unpaired) electrons. The number of hydrogen-bond donors (Lipinski definition) is 4. The van der Waals surface area contributed by atoms with Crippen LogP contribution in [0.2, 0.25) is 0 Å². The maximum atomic E-state index is 14.1. The van der Waals surface area contributed by atoms with E-state index < -0.39 is 24.3 Å². The van der Waals surface area contributed by atoms with Gasteiger partial charge in [0.15, 0.2) is 0 Å². The summed E-state index contributed by atoms with van der Waals surface area (Å²) in [5.74, 6) is -0.881. The van der Waals surface area contributed by atoms with Gasteiger partial charge in [-0.05, 0) is 55.2 Å². The molecule has 1 aromatic heterocycles. The van der Waals surface area contributed by atoms with Gasteiger partial charge in [0.05, 0.1) is 0 Å². The first-order valence-corrected chi connectivity index (χ1v) is 12.1. The number of alkyl halides is 3. The van der Waals surface area contributed by atoms with Gasteiger partial charge in [-0.3, -0.25) is 4.79 Å². The normalized spacial score (nSPS) is 22.1. The number of carboxylic acids is 1. The number of nitrogens with zero attached hydrogens (tertiary/aromatic N) is 3. The summed E-state index contributed by atoms with van der Waals surface area (Å²) in [5, 5.41) is 15.5. The van der Waals surface area contributed by atoms with Gasteiger partial charge in [-0.1, -0.05) is 6.07 Å². The molecule has 2 atom stereocenters. The van der Waals surface area contributed by atoms with Gasteiger partial charge >= 0.3 is 12.1 Å². The lowest BCUT2D eigenvalue weighted by molar-refractivity contribution is -0.198. The quantitative estimate of drug-likeness (QED) is 0.484. The molecule has 1 aromatic carbocycles. The third-order valence-corrected chi connectivity index (χ3v) is 7.42. The molecule has 0 aliphatic carbocycles. The lowest BCUT2D eigenvalue weighted by Gasteiger charge is -2.39. The molecular weight excluding hydrogens is 477 g/mol. The molecule has 2 aromatic rings. The molecule has 2 saturated heterocycles. The van der Waals surface area contributed by atoms with Crippen molar-refractivity contribution >= 4 is 23.4 Å². The molecule has 5 rings (SSSR count). The third-order valence-electron chi connectivity index (χ3n) is 7.42. The van der Waals surface area contributed by atoms with Crippen LogP contribution in [-0.2, 0) is 11.2 Å². The Labute approximate surface area is 206 Å². The lowest BCUT2D eigenvalue weighted by atomic mass is 9.76. The minimum Gasteiger partial charge on any atom is -0.480 e. The van der Waals surface area contributed by atoms with E-state index in [1.807, 2.05) is 4.90 Å². The van der Waals surface area contributed by atoms with E-state index in [1.165, 1.54) is 18.2 Å². The molecule has 0 saturated carbocycles. The predicted molar refractivity (Wildman–Crippen MR) is 127 cm³/mol. The SMILES string of the molecule is Nc1nc(O[C@H](c2ccc3c(c2)CCCN3)C(F)(F)F)cc(N2CCC3(CC2)CN[C@H](C(=O)O)C3)n1. The molecule has 9 nitrogen and oxygen atoms in total. The van der Waals surface area contributed by atoms with E-state index in [-0.39, 0.29) is 22.8 Å². The summed E-state index contributed by atoms with van der Waals surface area (Å²) in [6.07, 6.45) is -3.29. The third kappa shape index (κ3) is 4.99. The topological polar surface area (TPSA) is 126 Å². The minimum absolute atomic E-state index is 0.00492. The van der Waals surface area contributed by atoms with Crippen LogP contribution >= 0.6 is 0 Å². The summed E-state index contributed by atoms with van der Waals surface area (Å²) in [6, 6.07) is 5.45. The maximum Gasteiger partial charge on any atom is 0.429 e. The molecule has 36 heavy (non-hydrogen) atoms. The summed E-state index contributed by atoms with van der Waals surface area (Å²) >= 11 is 0. The van der Waals surface area contributed by atoms with Gasteiger partial charge in [-0.2, -0.15) is 23.1 Å². The molecule has 194 valence electrons. The van der Waals surface area contributed by atoms with E-state index in [9.17, 15) is 23.1 Å². The minimum atomic E-state index is -4.66. The number of aromatic nitrogens is 2. The molecule has 0 amide bonds. The summed E-state index contributed by atoms with van der Waals surface area (Å²) in [7, 11) is 0. The average molecular weight is 507 g/mol. The first kappa shape index (κ1) is 24.4. The van der Waals surface area contributed by atoms with Crippen molar-refractivity contribution in [2.24, 2.45) is 5.41 Å². The van der Waals surface area contributed by atoms with Gasteiger partial charge in [0.2, 0.25) is 17.9 Å². The number of hydrogen-bond acceptors (Lipinski definition) is 8. The van der Waals surface area contributed by atoms with Crippen LogP contribution in [0.4, 0.5) is 30.6 Å². The van der Waals surface area contributed by atoms with Crippen molar-refractivity contribution in [2.75, 3.05) is 42.1 Å². The number of nitrogens with two attached hydrogens (primary N) is 1. The van der Waals surface area contributed by atoms with Crippen LogP contribution in [0.3, 0.4) is 0 Å². The van der Waals surface area contributed by atoms with E-state index >= 15 is 0 Å². The second-order valence-electron chi connectivity index (χ2n) is 9.87. The van der Waals surface area contributed by atoms with E-state index in [2.05, 4.69) is 20.6 Å². The molecule has 3 aliphatic heterocycles. The van der Waals surface area contributed by atoms with Gasteiger partial charge in [0, 0.05) is 43.5 Å². The van der Waals surface area contributed by atoms with Crippen molar-refractivity contribution in [3.8, 4) is 5.88 Å². The van der Waals surface area contributed by atoms with Crippen molar-refractivity contribution in [2.45, 2.75) is 50.4 Å². The van der Waals surface area contributed by atoms with Crippen molar-refractivity contribution in [1.29, 1.82) is 0 Å². The fraction of sp³-hybridized carbons (Fsp3) is 0.542. The summed E-state index contributed by atoms with van der Waals surface area (Å²) in [4.78, 5) is 21.4. The molecular formula is C24H29F3N6O3. The van der Waals surface area contributed by atoms with Crippen LogP contribution < -0.4 is 26.0 Å². The number of benzene rings is 1. The number of piperidine rings is 1. The fourth-order valence-electron chi connectivity index (χ4n) is 5.44. The van der Waals surface area contributed by atoms with Gasteiger partial charge in [-0.15, -0.1) is 0 Å². The van der Waals surface area contributed by atoms with E-state index in [0.29, 0.717) is 38.3 Å². The van der Waals surface area contributed by atoms with Crippen LogP contribution in [-0.4, -0.2) is 59.4 Å². The van der Waals surface area contributed by atoms with Crippen molar-refractivity contribution in [3.05, 3.63) is 35.4 Å². The highest BCUT2D eigenvalue weighted by Gasteiger charge is 2.45. The van der Waals surface area contributed by atoms with Crippen LogP contribution in [0.25, 0.3) is 0 Å². The highest BCUT2D eigenvalue weighted by Crippen LogP contribution is 2.42. The number of carboxylic acid groups (broad SMARTS) is 1. The van der Waals surface area contributed by atoms with Gasteiger partial charge in [0.1, 0.15) is 11.9 Å². The Morgan fingerprint density at radius 1 is 1.25 bits per heavy atom. The Morgan fingerprint density at radius 3 is 2.72 bits per heavy atom. The van der Waals surface area contributed by atoms with Crippen LogP contribution in [0, 0.1) is 5.41 Å². The van der Waals surface area contributed by atoms with E-state index in [0.717, 1.165) is 37.1 Å². The molecule has 5 N–H and O–H groups in total. The number of fused-ring (bicyclic) bond motifs is 1. The molecule has 2 fully saturated rings. The smallest absolute Gasteiger partial charge is 0.429 e. The molecule has 1 spiro atoms. The number of aryl methyl sites for hydroxylation is 1. The fourth-order valence-corrected chi connectivity index (χ4v) is 5.44. The van der Waals surface area contributed by atoms with Crippen molar-refractivity contribution < 1.29 is 27.8 Å². The monoisotopic (exact) mass is 506 g/mol. The number of halogens is 3. The summed E-state index contributed by atoms with van der Waals surface area (Å²) in [5.41, 5.74) is 7.42. The van der Waals surface area contributed by atoms with Gasteiger partial charge in [-0.25, -0.2) is 0 Å². The number of nitrogens with one attached hydrogen (secondary N) is 2. The Hall–Kier alpha value is -3.28. The number of nitrogen functional groups attached to an aromatic ring is 1. The van der Waals surface area contributed by atoms with Crippen molar-refractivity contribution in [1.82, 2.24) is 15.3 Å². The standard InChI is InChI=1S/C24H29F3N6O3/c25-24(26,27)20(15-3-4-16-14(10-15)2-1-7-29-16)36-19-11-18(31-22(28)32-19)33-8-5-23(6-9-33)12-17(21(34)35)30-13-23/h3-4,10-11,17,20,29-30H,1-2,5-9,12-13H2,(H,34,35)(H2,28,31,32)/t17-,20+/m0/s1. The molecule has 3 aliphatic rings. The lowest BCUT2D eigenvalue weighted by Crippen LogP contribution is -2.41. The first-order chi connectivity index (χ1) is 17.1. The number of ether oxygens (including phenoxy) is 1. The summed E-state index contributed by atoms with van der Waals surface area (Å²) < 4.78 is 47.6. The Morgan fingerprint density at radius 2 is 2.03 bits per heavy atom. The van der Waals surface area contributed by atoms with Crippen LogP contribution in [0.15, 0.2) is 24.3 Å². The van der Waals surface area contributed by atoms with E-state index in [4.69, 9.17) is 10.5 Å². The van der Waals surface area contributed by atoms with Gasteiger partial charge in [0.25, 0.3) is 0 Å².